The molecule has 72 valence electrons. The van der Waals surface area contributed by atoms with Crippen LogP contribution in [0, 0.1) is 5.92 Å². The van der Waals surface area contributed by atoms with Gasteiger partial charge >= 0.3 is 0 Å². The van der Waals surface area contributed by atoms with E-state index in [2.05, 4.69) is 5.32 Å². The van der Waals surface area contributed by atoms with E-state index in [1.54, 1.807) is 0 Å². The van der Waals surface area contributed by atoms with Crippen LogP contribution in [0.5, 0.6) is 0 Å². The van der Waals surface area contributed by atoms with Crippen molar-refractivity contribution in [2.75, 3.05) is 26.8 Å². The van der Waals surface area contributed by atoms with Crippen LogP contribution in [-0.2, 0) is 4.74 Å². The number of hydrogen-bond donors (Lipinski definition) is 1. The fourth-order valence-electron chi connectivity index (χ4n) is 1.45. The molecule has 0 bridgehead atoms. The first-order chi connectivity index (χ1) is 5.67. The number of nitrogens with one attached hydrogen (secondary N) is 1. The largest absolute Gasteiger partial charge is 0.381 e. The molecule has 2 nitrogen and oxygen atoms in total. The maximum Gasteiger partial charge on any atom is 0.265 e. The Bertz CT molecular complexity index is 135. The van der Waals surface area contributed by atoms with E-state index in [1.807, 2.05) is 0 Å². The maximum atomic E-state index is 13.2. The Morgan fingerprint density at radius 3 is 2.83 bits per heavy atom. The van der Waals surface area contributed by atoms with Crippen molar-refractivity contribution in [1.82, 2.24) is 5.32 Å². The van der Waals surface area contributed by atoms with Gasteiger partial charge in [0.1, 0.15) is 0 Å². The van der Waals surface area contributed by atoms with Crippen LogP contribution in [0.15, 0.2) is 0 Å². The molecule has 1 N–H and O–H groups in total. The SMILES string of the molecule is CNCC(F)(F)C1CCCOC1. The molecule has 0 amide bonds. The minimum atomic E-state index is -2.62. The zero-order chi connectivity index (χ0) is 9.03. The van der Waals surface area contributed by atoms with Crippen molar-refractivity contribution in [2.45, 2.75) is 18.8 Å². The molecule has 0 spiro atoms. The van der Waals surface area contributed by atoms with Crippen LogP contribution in [-0.4, -0.2) is 32.7 Å². The van der Waals surface area contributed by atoms with E-state index in [0.29, 0.717) is 13.0 Å². The van der Waals surface area contributed by atoms with Crippen molar-refractivity contribution < 1.29 is 13.5 Å². The standard InChI is InChI=1S/C8H15F2NO/c1-11-6-8(9,10)7-3-2-4-12-5-7/h7,11H,2-6H2,1H3. The smallest absolute Gasteiger partial charge is 0.265 e. The predicted molar refractivity (Wildman–Crippen MR) is 42.4 cm³/mol. The van der Waals surface area contributed by atoms with E-state index in [1.165, 1.54) is 7.05 Å². The van der Waals surface area contributed by atoms with E-state index < -0.39 is 11.8 Å². The Morgan fingerprint density at radius 2 is 2.33 bits per heavy atom. The lowest BCUT2D eigenvalue weighted by molar-refractivity contribution is -0.105. The lowest BCUT2D eigenvalue weighted by atomic mass is 9.95. The minimum absolute atomic E-state index is 0.203. The highest BCUT2D eigenvalue weighted by Crippen LogP contribution is 2.30. The summed E-state index contributed by atoms with van der Waals surface area (Å²) in [5.74, 6) is -3.21. The summed E-state index contributed by atoms with van der Waals surface area (Å²) in [5.41, 5.74) is 0. The molecule has 1 atom stereocenters. The highest BCUT2D eigenvalue weighted by molar-refractivity contribution is 4.80. The Hall–Kier alpha value is -0.220. The summed E-state index contributed by atoms with van der Waals surface area (Å²) in [7, 11) is 1.54. The normalized spacial score (nSPS) is 25.8. The van der Waals surface area contributed by atoms with E-state index in [9.17, 15) is 8.78 Å². The van der Waals surface area contributed by atoms with Crippen molar-refractivity contribution in [1.29, 1.82) is 0 Å². The lowest BCUT2D eigenvalue weighted by Crippen LogP contribution is -2.41. The molecule has 4 heteroatoms. The van der Waals surface area contributed by atoms with Gasteiger partial charge in [-0.15, -0.1) is 0 Å². The monoisotopic (exact) mass is 179 g/mol. The van der Waals surface area contributed by atoms with Crippen molar-refractivity contribution in [2.24, 2.45) is 5.92 Å². The second-order valence-electron chi connectivity index (χ2n) is 3.21. The van der Waals surface area contributed by atoms with Gasteiger partial charge in [-0.1, -0.05) is 0 Å². The fraction of sp³-hybridized carbons (Fsp3) is 1.00. The molecule has 1 rings (SSSR count). The van der Waals surface area contributed by atoms with Crippen LogP contribution >= 0.6 is 0 Å². The van der Waals surface area contributed by atoms with E-state index in [-0.39, 0.29) is 13.2 Å². The molecule has 1 aliphatic rings. The Kier molecular flexibility index (Phi) is 3.40. The molecule has 1 fully saturated rings. The predicted octanol–water partition coefficient (Wildman–Crippen LogP) is 1.27. The molecule has 0 radical (unpaired) electrons. The second-order valence-corrected chi connectivity index (χ2v) is 3.21. The Labute approximate surface area is 71.3 Å². The highest BCUT2D eigenvalue weighted by Gasteiger charge is 2.39. The molecular formula is C8H15F2NO. The molecule has 0 aromatic heterocycles. The first-order valence-electron chi connectivity index (χ1n) is 4.27. The second kappa shape index (κ2) is 4.14. The summed E-state index contributed by atoms with van der Waals surface area (Å²) >= 11 is 0. The Morgan fingerprint density at radius 1 is 1.58 bits per heavy atom. The maximum absolute atomic E-state index is 13.2. The molecular weight excluding hydrogens is 164 g/mol. The fourth-order valence-corrected chi connectivity index (χ4v) is 1.45. The molecule has 0 saturated carbocycles. The number of halogens is 2. The molecule has 0 aromatic rings. The molecule has 0 aromatic carbocycles. The van der Waals surface area contributed by atoms with Gasteiger partial charge < -0.3 is 10.1 Å². The van der Waals surface area contributed by atoms with Crippen molar-refractivity contribution >= 4 is 0 Å². The summed E-state index contributed by atoms with van der Waals surface area (Å²) < 4.78 is 31.3. The topological polar surface area (TPSA) is 21.3 Å². The zero-order valence-electron chi connectivity index (χ0n) is 7.28. The summed E-state index contributed by atoms with van der Waals surface area (Å²) in [6.07, 6.45) is 1.33. The van der Waals surface area contributed by atoms with Crippen LogP contribution in [0.2, 0.25) is 0 Å². The third kappa shape index (κ3) is 2.38. The van der Waals surface area contributed by atoms with Gasteiger partial charge in [0.25, 0.3) is 5.92 Å². The number of ether oxygens (including phenoxy) is 1. The van der Waals surface area contributed by atoms with E-state index in [4.69, 9.17) is 4.74 Å². The average molecular weight is 179 g/mol. The van der Waals surface area contributed by atoms with Gasteiger partial charge in [-0.25, -0.2) is 8.78 Å². The van der Waals surface area contributed by atoms with Crippen molar-refractivity contribution in [3.8, 4) is 0 Å². The summed E-state index contributed by atoms with van der Waals surface area (Å²) in [5, 5.41) is 2.50. The van der Waals surface area contributed by atoms with Crippen molar-refractivity contribution in [3.05, 3.63) is 0 Å². The molecule has 1 heterocycles. The summed E-state index contributed by atoms with van der Waals surface area (Å²) in [6.45, 7) is 0.585. The van der Waals surface area contributed by atoms with Crippen LogP contribution in [0.1, 0.15) is 12.8 Å². The number of alkyl halides is 2. The minimum Gasteiger partial charge on any atom is -0.381 e. The third-order valence-corrected chi connectivity index (χ3v) is 2.17. The van der Waals surface area contributed by atoms with Gasteiger partial charge in [0, 0.05) is 12.5 Å². The van der Waals surface area contributed by atoms with E-state index in [0.717, 1.165) is 6.42 Å². The first-order valence-corrected chi connectivity index (χ1v) is 4.27. The van der Waals surface area contributed by atoms with Crippen LogP contribution in [0.25, 0.3) is 0 Å². The molecule has 12 heavy (non-hydrogen) atoms. The number of rotatable bonds is 3. The van der Waals surface area contributed by atoms with Crippen LogP contribution < -0.4 is 5.32 Å². The Balaban J connectivity index is 2.41. The van der Waals surface area contributed by atoms with Crippen LogP contribution in [0.3, 0.4) is 0 Å². The molecule has 0 aliphatic carbocycles. The highest BCUT2D eigenvalue weighted by atomic mass is 19.3. The van der Waals surface area contributed by atoms with Crippen molar-refractivity contribution in [3.63, 3.8) is 0 Å². The number of hydrogen-bond acceptors (Lipinski definition) is 2. The van der Waals surface area contributed by atoms with Gasteiger partial charge in [0.15, 0.2) is 0 Å². The molecule has 1 unspecified atom stereocenters. The quantitative estimate of drug-likeness (QED) is 0.704. The van der Waals surface area contributed by atoms with Gasteiger partial charge in [0.2, 0.25) is 0 Å². The molecule has 1 saturated heterocycles. The average Bonchev–Trinajstić information content (AvgIpc) is 2.06. The summed E-state index contributed by atoms with van der Waals surface area (Å²) in [6, 6.07) is 0. The third-order valence-electron chi connectivity index (χ3n) is 2.17. The van der Waals surface area contributed by atoms with E-state index >= 15 is 0 Å². The zero-order valence-corrected chi connectivity index (χ0v) is 7.28. The summed E-state index contributed by atoms with van der Waals surface area (Å²) in [4.78, 5) is 0. The van der Waals surface area contributed by atoms with Gasteiger partial charge in [0.05, 0.1) is 13.2 Å². The lowest BCUT2D eigenvalue weighted by Gasteiger charge is -2.29. The van der Waals surface area contributed by atoms with Gasteiger partial charge in [-0.2, -0.15) is 0 Å². The van der Waals surface area contributed by atoms with Gasteiger partial charge in [-0.05, 0) is 19.9 Å². The van der Waals surface area contributed by atoms with Gasteiger partial charge in [-0.3, -0.25) is 0 Å². The first kappa shape index (κ1) is 9.86. The molecule has 1 aliphatic heterocycles. The van der Waals surface area contributed by atoms with Crippen LogP contribution in [0.4, 0.5) is 8.78 Å².